The lowest BCUT2D eigenvalue weighted by atomic mass is 10.0. The maximum atomic E-state index is 11.1. The van der Waals surface area contributed by atoms with Crippen molar-refractivity contribution in [1.82, 2.24) is 4.57 Å². The SMILES string of the molecule is CCCn1ccsc1=Nc1c(Cl)cc(C(C)C(=O)O)cc1Cl. The van der Waals surface area contributed by atoms with Crippen molar-refractivity contribution in [3.05, 3.63) is 44.1 Å². The van der Waals surface area contributed by atoms with Gasteiger partial charge in [0.2, 0.25) is 0 Å². The summed E-state index contributed by atoms with van der Waals surface area (Å²) in [7, 11) is 0. The molecule has 0 fully saturated rings. The Morgan fingerprint density at radius 2 is 2.05 bits per heavy atom. The number of hydrogen-bond donors (Lipinski definition) is 1. The van der Waals surface area contributed by atoms with E-state index in [2.05, 4.69) is 11.9 Å². The Morgan fingerprint density at radius 3 is 2.59 bits per heavy atom. The second-order valence-corrected chi connectivity index (χ2v) is 6.57. The smallest absolute Gasteiger partial charge is 0.310 e. The van der Waals surface area contributed by atoms with Crippen LogP contribution in [0.5, 0.6) is 0 Å². The van der Waals surface area contributed by atoms with Crippen LogP contribution in [0.25, 0.3) is 0 Å². The van der Waals surface area contributed by atoms with Crippen LogP contribution in [0.2, 0.25) is 10.0 Å². The summed E-state index contributed by atoms with van der Waals surface area (Å²) in [6, 6.07) is 3.23. The Kier molecular flexibility index (Phi) is 5.67. The Bertz CT molecular complexity index is 729. The van der Waals surface area contributed by atoms with Gasteiger partial charge in [0.15, 0.2) is 4.80 Å². The lowest BCUT2D eigenvalue weighted by Gasteiger charge is -2.10. The lowest BCUT2D eigenvalue weighted by Crippen LogP contribution is -2.13. The molecule has 1 aromatic carbocycles. The Morgan fingerprint density at radius 1 is 1.41 bits per heavy atom. The number of aliphatic carboxylic acids is 1. The number of benzene rings is 1. The van der Waals surface area contributed by atoms with Gasteiger partial charge in [0, 0.05) is 18.1 Å². The van der Waals surface area contributed by atoms with Crippen LogP contribution in [0.4, 0.5) is 5.69 Å². The van der Waals surface area contributed by atoms with Crippen molar-refractivity contribution in [3.8, 4) is 0 Å². The monoisotopic (exact) mass is 358 g/mol. The normalized spacial score (nSPS) is 13.4. The molecule has 0 amide bonds. The first-order chi connectivity index (χ1) is 10.4. The molecule has 1 aromatic heterocycles. The van der Waals surface area contributed by atoms with Crippen molar-refractivity contribution in [1.29, 1.82) is 0 Å². The highest BCUT2D eigenvalue weighted by Crippen LogP contribution is 2.36. The van der Waals surface area contributed by atoms with E-state index < -0.39 is 11.9 Å². The zero-order valence-electron chi connectivity index (χ0n) is 12.2. The van der Waals surface area contributed by atoms with E-state index >= 15 is 0 Å². The van der Waals surface area contributed by atoms with Crippen molar-refractivity contribution < 1.29 is 9.90 Å². The van der Waals surface area contributed by atoms with Crippen molar-refractivity contribution in [3.63, 3.8) is 0 Å². The van der Waals surface area contributed by atoms with Gasteiger partial charge in [-0.1, -0.05) is 30.1 Å². The summed E-state index contributed by atoms with van der Waals surface area (Å²) < 4.78 is 2.03. The first-order valence-electron chi connectivity index (χ1n) is 6.84. The minimum atomic E-state index is -0.920. The first-order valence-corrected chi connectivity index (χ1v) is 8.48. The van der Waals surface area contributed by atoms with E-state index in [0.29, 0.717) is 21.3 Å². The molecule has 2 rings (SSSR count). The largest absolute Gasteiger partial charge is 0.481 e. The summed E-state index contributed by atoms with van der Waals surface area (Å²) >= 11 is 14.0. The molecule has 1 unspecified atom stereocenters. The predicted octanol–water partition coefficient (Wildman–Crippen LogP) is 4.69. The second-order valence-electron chi connectivity index (χ2n) is 4.88. The van der Waals surface area contributed by atoms with E-state index in [-0.39, 0.29) is 0 Å². The molecule has 0 aliphatic carbocycles. The number of aromatic nitrogens is 1. The highest BCUT2D eigenvalue weighted by Gasteiger charge is 2.17. The third-order valence-corrected chi connectivity index (χ3v) is 4.61. The quantitative estimate of drug-likeness (QED) is 0.842. The van der Waals surface area contributed by atoms with Crippen LogP contribution in [-0.4, -0.2) is 15.6 Å². The molecule has 2 aromatic rings. The topological polar surface area (TPSA) is 54.6 Å². The van der Waals surface area contributed by atoms with Gasteiger partial charge >= 0.3 is 5.97 Å². The maximum absolute atomic E-state index is 11.1. The standard InChI is InChI=1S/C15H16Cl2N2O2S/c1-3-4-19-5-6-22-15(19)18-13-11(16)7-10(8-12(13)17)9(2)14(20)21/h5-9H,3-4H2,1-2H3,(H,20,21). The predicted molar refractivity (Wildman–Crippen MR) is 90.3 cm³/mol. The van der Waals surface area contributed by atoms with Crippen molar-refractivity contribution in [2.24, 2.45) is 4.99 Å². The molecule has 0 radical (unpaired) electrons. The maximum Gasteiger partial charge on any atom is 0.310 e. The van der Waals surface area contributed by atoms with Crippen LogP contribution in [-0.2, 0) is 11.3 Å². The van der Waals surface area contributed by atoms with Crippen LogP contribution < -0.4 is 4.80 Å². The van der Waals surface area contributed by atoms with Crippen molar-refractivity contribution in [2.75, 3.05) is 0 Å². The molecule has 0 spiro atoms. The molecule has 7 heteroatoms. The molecular formula is C15H16Cl2N2O2S. The highest BCUT2D eigenvalue weighted by molar-refractivity contribution is 7.07. The average Bonchev–Trinajstić information content (AvgIpc) is 2.89. The molecule has 1 atom stereocenters. The summed E-state index contributed by atoms with van der Waals surface area (Å²) in [6.07, 6.45) is 2.97. The molecule has 0 aliphatic rings. The summed E-state index contributed by atoms with van der Waals surface area (Å²) in [5.41, 5.74) is 1.03. The van der Waals surface area contributed by atoms with E-state index in [1.807, 2.05) is 16.1 Å². The number of thiazole rings is 1. The van der Waals surface area contributed by atoms with Gasteiger partial charge < -0.3 is 9.67 Å². The minimum absolute atomic E-state index is 0.354. The number of nitrogens with zero attached hydrogens (tertiary/aromatic N) is 2. The Balaban J connectivity index is 2.49. The lowest BCUT2D eigenvalue weighted by molar-refractivity contribution is -0.138. The van der Waals surface area contributed by atoms with Crippen LogP contribution >= 0.6 is 34.5 Å². The van der Waals surface area contributed by atoms with Crippen LogP contribution in [0, 0.1) is 0 Å². The fraction of sp³-hybridized carbons (Fsp3) is 0.333. The van der Waals surface area contributed by atoms with E-state index in [1.54, 1.807) is 19.1 Å². The molecule has 118 valence electrons. The fourth-order valence-corrected chi connectivity index (χ4v) is 3.33. The number of halogens is 2. The molecule has 0 saturated heterocycles. The number of carboxylic acids is 1. The van der Waals surface area contributed by atoms with Gasteiger partial charge in [-0.15, -0.1) is 11.3 Å². The van der Waals surface area contributed by atoms with Gasteiger partial charge in [0.05, 0.1) is 16.0 Å². The summed E-state index contributed by atoms with van der Waals surface area (Å²) in [5, 5.41) is 11.7. The average molecular weight is 359 g/mol. The Labute approximate surface area is 142 Å². The van der Waals surface area contributed by atoms with Gasteiger partial charge in [-0.05, 0) is 31.0 Å². The zero-order chi connectivity index (χ0) is 16.3. The molecule has 0 aliphatic heterocycles. The first kappa shape index (κ1) is 17.1. The third kappa shape index (κ3) is 3.72. The van der Waals surface area contributed by atoms with Gasteiger partial charge in [-0.2, -0.15) is 0 Å². The van der Waals surface area contributed by atoms with E-state index in [0.717, 1.165) is 17.8 Å². The van der Waals surface area contributed by atoms with E-state index in [1.165, 1.54) is 11.3 Å². The van der Waals surface area contributed by atoms with E-state index in [4.69, 9.17) is 28.3 Å². The molecule has 0 saturated carbocycles. The summed E-state index contributed by atoms with van der Waals surface area (Å²) in [4.78, 5) is 16.4. The third-order valence-electron chi connectivity index (χ3n) is 3.24. The summed E-state index contributed by atoms with van der Waals surface area (Å²) in [6.45, 7) is 4.55. The molecule has 22 heavy (non-hydrogen) atoms. The molecule has 4 nitrogen and oxygen atoms in total. The van der Waals surface area contributed by atoms with Gasteiger partial charge in [-0.25, -0.2) is 4.99 Å². The van der Waals surface area contributed by atoms with Crippen molar-refractivity contribution >= 4 is 46.2 Å². The van der Waals surface area contributed by atoms with Crippen LogP contribution in [0.1, 0.15) is 31.7 Å². The zero-order valence-corrected chi connectivity index (χ0v) is 14.5. The number of carbonyl (C=O) groups is 1. The number of hydrogen-bond acceptors (Lipinski definition) is 3. The van der Waals surface area contributed by atoms with Crippen LogP contribution in [0.3, 0.4) is 0 Å². The molecule has 0 bridgehead atoms. The number of aryl methyl sites for hydroxylation is 1. The van der Waals surface area contributed by atoms with Gasteiger partial charge in [0.25, 0.3) is 0 Å². The van der Waals surface area contributed by atoms with E-state index in [9.17, 15) is 4.79 Å². The molecule has 1 N–H and O–H groups in total. The number of carboxylic acid groups (broad SMARTS) is 1. The van der Waals surface area contributed by atoms with Gasteiger partial charge in [0.1, 0.15) is 5.69 Å². The van der Waals surface area contributed by atoms with Crippen LogP contribution in [0.15, 0.2) is 28.7 Å². The van der Waals surface area contributed by atoms with Gasteiger partial charge in [-0.3, -0.25) is 4.79 Å². The van der Waals surface area contributed by atoms with Crippen molar-refractivity contribution in [2.45, 2.75) is 32.7 Å². The fourth-order valence-electron chi connectivity index (χ4n) is 1.98. The summed E-state index contributed by atoms with van der Waals surface area (Å²) in [5.74, 6) is -1.59. The highest BCUT2D eigenvalue weighted by atomic mass is 35.5. The Hall–Kier alpha value is -1.30. The minimum Gasteiger partial charge on any atom is -0.481 e. The number of rotatable bonds is 5. The second kappa shape index (κ2) is 7.31. The molecule has 1 heterocycles. The molecular weight excluding hydrogens is 343 g/mol.